The molecule has 13 aliphatic rings. The Morgan fingerprint density at radius 3 is 1.05 bits per heavy atom. The standard InChI is InChI=1S/C12H20.C11H18.C7H15N.3C7H14.C6H12/c1-2-12-6-9-3-10(7-12)5-11(4-9)8-12;1-11-5-8-2-9(6-11)4-10(3-8)7-11;1-7-3-5-8(2)6-4-7;2*1-7-5-3-2-4-6-7;1-2-7-5-3-4-6-7;1-6-4-2-3-5-6/h9-11H,2-8H2,1H3;8-10H,2-7H2,1H3;7H,3-6H2,1-2H3;3*7H,2-6H2,1H3;6H,2-5H2,1H3/i;;;7D;;2D2;6D. The van der Waals surface area contributed by atoms with Gasteiger partial charge in [0.25, 0.3) is 0 Å². The monoisotopic (exact) mass is 810 g/mol. The first-order chi connectivity index (χ1) is 29.2. The van der Waals surface area contributed by atoms with Crippen molar-refractivity contribution in [1.82, 2.24) is 4.90 Å². The summed E-state index contributed by atoms with van der Waals surface area (Å²) in [6, 6.07) is 0. The number of piperidine rings is 1. The van der Waals surface area contributed by atoms with Crippen LogP contribution >= 0.6 is 0 Å². The van der Waals surface area contributed by atoms with Crippen molar-refractivity contribution in [1.29, 1.82) is 0 Å². The maximum absolute atomic E-state index is 7.63. The lowest BCUT2D eigenvalue weighted by Gasteiger charge is -2.56. The molecule has 12 aliphatic carbocycles. The van der Waals surface area contributed by atoms with Gasteiger partial charge in [-0.1, -0.05) is 177 Å². The summed E-state index contributed by atoms with van der Waals surface area (Å²) < 4.78 is 29.9. The van der Waals surface area contributed by atoms with Gasteiger partial charge < -0.3 is 4.90 Å². The zero-order valence-corrected chi connectivity index (χ0v) is 40.9. The molecule has 12 saturated carbocycles. The topological polar surface area (TPSA) is 3.24 Å². The van der Waals surface area contributed by atoms with Gasteiger partial charge in [-0.2, -0.15) is 0 Å². The van der Waals surface area contributed by atoms with E-state index in [1.54, 1.807) is 84.0 Å². The van der Waals surface area contributed by atoms with Crippen molar-refractivity contribution in [3.63, 3.8) is 0 Å². The molecule has 0 amide bonds. The average molecular weight is 811 g/mol. The summed E-state index contributed by atoms with van der Waals surface area (Å²) in [6.45, 7) is 18.0. The van der Waals surface area contributed by atoms with E-state index in [0.29, 0.717) is 5.92 Å². The van der Waals surface area contributed by atoms with E-state index in [1.165, 1.54) is 109 Å². The van der Waals surface area contributed by atoms with Gasteiger partial charge >= 0.3 is 0 Å². The molecule has 0 aromatic heterocycles. The minimum atomic E-state index is -0.920. The highest BCUT2D eigenvalue weighted by atomic mass is 15.1. The van der Waals surface area contributed by atoms with Crippen LogP contribution in [0.2, 0.25) is 0 Å². The molecular weight excluding hydrogens is 699 g/mol. The number of nitrogens with zero attached hydrogens (tertiary/aromatic N) is 1. The van der Waals surface area contributed by atoms with Crippen LogP contribution in [0.1, 0.15) is 272 Å². The minimum Gasteiger partial charge on any atom is -0.306 e. The predicted octanol–water partition coefficient (Wildman–Crippen LogP) is 18.1. The third-order valence-corrected chi connectivity index (χ3v) is 18.1. The fourth-order valence-corrected chi connectivity index (χ4v) is 15.1. The van der Waals surface area contributed by atoms with Crippen LogP contribution in [0.4, 0.5) is 0 Å². The van der Waals surface area contributed by atoms with Gasteiger partial charge in [-0.25, -0.2) is 0 Å². The van der Waals surface area contributed by atoms with Gasteiger partial charge in [-0.15, -0.1) is 0 Å². The third-order valence-electron chi connectivity index (χ3n) is 18.1. The van der Waals surface area contributed by atoms with Crippen molar-refractivity contribution < 1.29 is 5.48 Å². The van der Waals surface area contributed by atoms with Crippen molar-refractivity contribution in [2.24, 2.45) is 75.9 Å². The Bertz CT molecular complexity index is 1130. The lowest BCUT2D eigenvalue weighted by molar-refractivity contribution is -0.0545. The Balaban J connectivity index is 0.000000138. The summed E-state index contributed by atoms with van der Waals surface area (Å²) in [5.41, 5.74) is 1.64. The summed E-state index contributed by atoms with van der Waals surface area (Å²) >= 11 is 0. The zero-order chi connectivity index (χ0) is 45.0. The van der Waals surface area contributed by atoms with Gasteiger partial charge in [0.15, 0.2) is 0 Å². The summed E-state index contributed by atoms with van der Waals surface area (Å²) in [5.74, 6) is 9.11. The van der Waals surface area contributed by atoms with Crippen LogP contribution in [0.5, 0.6) is 0 Å². The lowest BCUT2D eigenvalue weighted by atomic mass is 9.49. The highest BCUT2D eigenvalue weighted by Gasteiger charge is 2.50. The summed E-state index contributed by atoms with van der Waals surface area (Å²) in [5, 5.41) is 0. The summed E-state index contributed by atoms with van der Waals surface area (Å²) in [4.78, 5) is 2.40. The number of hydrogen-bond donors (Lipinski definition) is 0. The normalized spacial score (nSPS) is 40.6. The molecule has 1 heteroatoms. The van der Waals surface area contributed by atoms with Crippen molar-refractivity contribution in [3.05, 3.63) is 0 Å². The molecular formula is C57H107N. The van der Waals surface area contributed by atoms with Crippen molar-refractivity contribution in [2.75, 3.05) is 20.1 Å². The Kier molecular flexibility index (Phi) is 18.9. The zero-order valence-electron chi connectivity index (χ0n) is 44.9. The Labute approximate surface area is 372 Å². The van der Waals surface area contributed by atoms with Gasteiger partial charge in [0.05, 0.1) is 0 Å². The van der Waals surface area contributed by atoms with Crippen LogP contribution in [-0.2, 0) is 0 Å². The van der Waals surface area contributed by atoms with Gasteiger partial charge in [-0.05, 0) is 186 Å². The van der Waals surface area contributed by atoms with E-state index in [0.717, 1.165) is 96.7 Å². The lowest BCUT2D eigenvalue weighted by Crippen LogP contribution is -2.45. The smallest absolute Gasteiger partial charge is 0.0300 e. The second-order valence-electron chi connectivity index (χ2n) is 24.2. The quantitative estimate of drug-likeness (QED) is 0.269. The molecule has 0 atom stereocenters. The Hall–Kier alpha value is -0.0400. The van der Waals surface area contributed by atoms with E-state index in [9.17, 15) is 0 Å². The van der Waals surface area contributed by atoms with Gasteiger partial charge in [0.2, 0.25) is 0 Å². The van der Waals surface area contributed by atoms with Crippen LogP contribution in [-0.4, -0.2) is 25.0 Å². The molecule has 1 heterocycles. The molecule has 0 aromatic rings. The van der Waals surface area contributed by atoms with Gasteiger partial charge in [0, 0.05) is 5.48 Å². The molecule has 0 N–H and O–H groups in total. The van der Waals surface area contributed by atoms with Crippen molar-refractivity contribution in [3.8, 4) is 0 Å². The predicted molar refractivity (Wildman–Crippen MR) is 257 cm³/mol. The SMILES string of the molecule is CC12CC3CC(CC(C3)C1)C2.CC1CCCCC1.CC1CCN(C)CC1.CCC12CC3CC(CC(C3)C1)C2.[2H]C([2H])(C)C1CCCC1.[2H]C1(C)CCCC1.[2H]C1(C)CCCCC1. The third kappa shape index (κ3) is 17.3. The minimum absolute atomic E-state index is 0.0556. The maximum Gasteiger partial charge on any atom is 0.0300 e. The van der Waals surface area contributed by atoms with E-state index < -0.39 is 6.37 Å². The summed E-state index contributed by atoms with van der Waals surface area (Å²) in [6.07, 6.45) is 45.4. The average Bonchev–Trinajstić information content (AvgIpc) is 3.89. The van der Waals surface area contributed by atoms with Crippen LogP contribution < -0.4 is 0 Å². The molecule has 0 unspecified atom stereocenters. The fourth-order valence-electron chi connectivity index (χ4n) is 15.1. The molecule has 13 rings (SSSR count). The first-order valence-corrected chi connectivity index (χ1v) is 26.9. The molecule has 58 heavy (non-hydrogen) atoms. The number of likely N-dealkylation sites (tertiary alicyclic amines) is 1. The van der Waals surface area contributed by atoms with Crippen LogP contribution in [0.3, 0.4) is 0 Å². The molecule has 13 fully saturated rings. The van der Waals surface area contributed by atoms with E-state index in [1.807, 2.05) is 13.8 Å². The Morgan fingerprint density at radius 2 is 0.793 bits per heavy atom. The second-order valence-corrected chi connectivity index (χ2v) is 24.2. The Morgan fingerprint density at radius 1 is 0.466 bits per heavy atom. The van der Waals surface area contributed by atoms with Crippen molar-refractivity contribution >= 4 is 0 Å². The van der Waals surface area contributed by atoms with E-state index >= 15 is 0 Å². The van der Waals surface area contributed by atoms with Gasteiger partial charge in [-0.3, -0.25) is 0 Å². The molecule has 1 aliphatic heterocycles. The highest BCUT2D eigenvalue weighted by Crippen LogP contribution is 2.61. The molecule has 0 radical (unpaired) electrons. The maximum atomic E-state index is 7.63. The summed E-state index contributed by atoms with van der Waals surface area (Å²) in [7, 11) is 2.20. The van der Waals surface area contributed by atoms with E-state index in [4.69, 9.17) is 5.48 Å². The molecule has 0 aromatic carbocycles. The highest BCUT2D eigenvalue weighted by molar-refractivity contribution is 5.01. The largest absolute Gasteiger partial charge is 0.306 e. The molecule has 340 valence electrons. The van der Waals surface area contributed by atoms with Crippen molar-refractivity contribution in [2.45, 2.75) is 267 Å². The van der Waals surface area contributed by atoms with E-state index in [-0.39, 0.29) is 11.8 Å². The van der Waals surface area contributed by atoms with E-state index in [2.05, 4.69) is 39.6 Å². The fraction of sp³-hybridized carbons (Fsp3) is 1.00. The van der Waals surface area contributed by atoms with Crippen LogP contribution in [0.15, 0.2) is 0 Å². The van der Waals surface area contributed by atoms with Crippen LogP contribution in [0.25, 0.3) is 0 Å². The van der Waals surface area contributed by atoms with Crippen LogP contribution in [0, 0.1) is 75.9 Å². The first-order valence-electron chi connectivity index (χ1n) is 28.9. The van der Waals surface area contributed by atoms with Gasteiger partial charge in [0.1, 0.15) is 0 Å². The molecule has 8 bridgehead atoms. The second kappa shape index (κ2) is 25.3. The first kappa shape index (κ1) is 43.2. The number of rotatable bonds is 2. The molecule has 1 nitrogen and oxygen atoms in total. The number of hydrogen-bond acceptors (Lipinski definition) is 1. The molecule has 1 saturated heterocycles. The molecule has 0 spiro atoms.